The number of anilines is 1. The maximum absolute atomic E-state index is 11.5. The first-order valence-electron chi connectivity index (χ1n) is 5.24. The average Bonchev–Trinajstić information content (AvgIpc) is 2.29. The predicted octanol–water partition coefficient (Wildman–Crippen LogP) is 1.45. The number of rotatable bonds is 5. The zero-order chi connectivity index (χ0) is 12.8. The minimum absolute atomic E-state index is 0.0282. The fraction of sp³-hybridized carbons (Fsp3) is 0.364. The molecule has 2 N–H and O–H groups in total. The second kappa shape index (κ2) is 5.95. The molecule has 0 atom stereocenters. The zero-order valence-electron chi connectivity index (χ0n) is 9.82. The molecule has 1 aromatic carbocycles. The molecule has 0 bridgehead atoms. The molecule has 0 unspecified atom stereocenters. The van der Waals surface area contributed by atoms with Crippen LogP contribution >= 0.6 is 0 Å². The van der Waals surface area contributed by atoms with Gasteiger partial charge >= 0.3 is 0 Å². The molecule has 0 heterocycles. The monoisotopic (exact) mass is 237 g/mol. The first-order valence-corrected chi connectivity index (χ1v) is 5.24. The Labute approximate surface area is 99.2 Å². The van der Waals surface area contributed by atoms with E-state index in [9.17, 15) is 14.9 Å². The van der Waals surface area contributed by atoms with E-state index in [4.69, 9.17) is 0 Å². The molecule has 0 spiro atoms. The van der Waals surface area contributed by atoms with Crippen molar-refractivity contribution in [2.45, 2.75) is 13.3 Å². The van der Waals surface area contributed by atoms with Crippen LogP contribution in [0.3, 0.4) is 0 Å². The van der Waals surface area contributed by atoms with E-state index in [2.05, 4.69) is 10.6 Å². The number of amides is 1. The van der Waals surface area contributed by atoms with E-state index < -0.39 is 4.92 Å². The largest absolute Gasteiger partial charge is 0.326 e. The van der Waals surface area contributed by atoms with E-state index in [0.717, 1.165) is 5.56 Å². The van der Waals surface area contributed by atoms with Gasteiger partial charge < -0.3 is 10.6 Å². The van der Waals surface area contributed by atoms with Gasteiger partial charge in [-0.05, 0) is 19.5 Å². The summed E-state index contributed by atoms with van der Waals surface area (Å²) >= 11 is 0. The van der Waals surface area contributed by atoms with Crippen molar-refractivity contribution in [3.8, 4) is 0 Å². The fourth-order valence-electron chi connectivity index (χ4n) is 1.31. The van der Waals surface area contributed by atoms with Gasteiger partial charge in [-0.1, -0.05) is 6.07 Å². The lowest BCUT2D eigenvalue weighted by molar-refractivity contribution is -0.384. The summed E-state index contributed by atoms with van der Waals surface area (Å²) in [5, 5.41) is 16.1. The predicted molar refractivity (Wildman–Crippen MR) is 65.0 cm³/mol. The number of nitrogens with zero attached hydrogens (tertiary/aromatic N) is 1. The number of nitro groups is 1. The highest BCUT2D eigenvalue weighted by atomic mass is 16.6. The van der Waals surface area contributed by atoms with E-state index in [1.165, 1.54) is 12.1 Å². The average molecular weight is 237 g/mol. The third-order valence-corrected chi connectivity index (χ3v) is 2.31. The van der Waals surface area contributed by atoms with Crippen molar-refractivity contribution in [1.29, 1.82) is 0 Å². The maximum Gasteiger partial charge on any atom is 0.271 e. The van der Waals surface area contributed by atoms with E-state index in [0.29, 0.717) is 18.7 Å². The van der Waals surface area contributed by atoms with Crippen molar-refractivity contribution in [3.05, 3.63) is 33.9 Å². The van der Waals surface area contributed by atoms with Crippen molar-refractivity contribution >= 4 is 17.3 Å². The molecule has 0 aliphatic carbocycles. The summed E-state index contributed by atoms with van der Waals surface area (Å²) in [5.74, 6) is -0.164. The smallest absolute Gasteiger partial charge is 0.271 e. The lowest BCUT2D eigenvalue weighted by Crippen LogP contribution is -2.19. The number of hydrogen-bond donors (Lipinski definition) is 2. The Kier molecular flexibility index (Phi) is 4.59. The van der Waals surface area contributed by atoms with E-state index in [-0.39, 0.29) is 11.6 Å². The highest BCUT2D eigenvalue weighted by Crippen LogP contribution is 2.21. The minimum Gasteiger partial charge on any atom is -0.326 e. The van der Waals surface area contributed by atoms with Gasteiger partial charge in [0, 0.05) is 25.1 Å². The number of carbonyl (C=O) groups is 1. The zero-order valence-corrected chi connectivity index (χ0v) is 9.82. The van der Waals surface area contributed by atoms with Crippen LogP contribution in [-0.2, 0) is 4.79 Å². The first kappa shape index (κ1) is 13.1. The third-order valence-electron chi connectivity index (χ3n) is 2.31. The maximum atomic E-state index is 11.5. The van der Waals surface area contributed by atoms with E-state index >= 15 is 0 Å². The van der Waals surface area contributed by atoms with Crippen LogP contribution in [0.5, 0.6) is 0 Å². The number of non-ortho nitro benzene ring substituents is 1. The molecule has 1 rings (SSSR count). The van der Waals surface area contributed by atoms with Crippen LogP contribution in [0.25, 0.3) is 0 Å². The molecule has 6 heteroatoms. The molecular formula is C11H15N3O3. The topological polar surface area (TPSA) is 84.3 Å². The van der Waals surface area contributed by atoms with Crippen LogP contribution in [0, 0.1) is 17.0 Å². The Morgan fingerprint density at radius 2 is 2.18 bits per heavy atom. The quantitative estimate of drug-likeness (QED) is 0.599. The fourth-order valence-corrected chi connectivity index (χ4v) is 1.31. The van der Waals surface area contributed by atoms with Crippen molar-refractivity contribution in [2.75, 3.05) is 18.9 Å². The van der Waals surface area contributed by atoms with E-state index in [1.807, 2.05) is 0 Å². The van der Waals surface area contributed by atoms with E-state index in [1.54, 1.807) is 20.0 Å². The number of nitrogens with one attached hydrogen (secondary N) is 2. The van der Waals surface area contributed by atoms with Gasteiger partial charge in [0.1, 0.15) is 0 Å². The summed E-state index contributed by atoms with van der Waals surface area (Å²) in [7, 11) is 1.76. The summed E-state index contributed by atoms with van der Waals surface area (Å²) in [5.41, 5.74) is 1.26. The lowest BCUT2D eigenvalue weighted by Gasteiger charge is -2.07. The molecular weight excluding hydrogens is 222 g/mol. The Balaban J connectivity index is 2.79. The van der Waals surface area contributed by atoms with Gasteiger partial charge in [-0.2, -0.15) is 0 Å². The van der Waals surface area contributed by atoms with Crippen LogP contribution in [0.4, 0.5) is 11.4 Å². The summed E-state index contributed by atoms with van der Waals surface area (Å²) < 4.78 is 0. The second-order valence-electron chi connectivity index (χ2n) is 3.66. The first-order chi connectivity index (χ1) is 8.04. The lowest BCUT2D eigenvalue weighted by atomic mass is 10.2. The number of aryl methyl sites for hydroxylation is 1. The number of benzene rings is 1. The Hall–Kier alpha value is -1.95. The van der Waals surface area contributed by atoms with Gasteiger partial charge in [0.05, 0.1) is 10.6 Å². The normalized spacial score (nSPS) is 10.0. The van der Waals surface area contributed by atoms with Crippen molar-refractivity contribution < 1.29 is 9.72 Å². The molecule has 1 aromatic rings. The molecule has 0 radical (unpaired) electrons. The van der Waals surface area contributed by atoms with Gasteiger partial charge in [-0.15, -0.1) is 0 Å². The minimum atomic E-state index is -0.483. The number of nitro benzene ring substituents is 1. The van der Waals surface area contributed by atoms with Crippen molar-refractivity contribution in [2.24, 2.45) is 0 Å². The highest BCUT2D eigenvalue weighted by molar-refractivity contribution is 5.91. The molecule has 0 fully saturated rings. The Morgan fingerprint density at radius 1 is 1.47 bits per heavy atom. The molecule has 0 aliphatic heterocycles. The van der Waals surface area contributed by atoms with Crippen LogP contribution in [0.15, 0.2) is 18.2 Å². The van der Waals surface area contributed by atoms with Crippen LogP contribution in [0.1, 0.15) is 12.0 Å². The van der Waals surface area contributed by atoms with Crippen LogP contribution < -0.4 is 10.6 Å². The standard InChI is InChI=1S/C11H15N3O3/c1-8-3-4-9(14(16)17)7-10(8)13-11(15)5-6-12-2/h3-4,7,12H,5-6H2,1-2H3,(H,13,15). The number of carbonyl (C=O) groups excluding carboxylic acids is 1. The summed E-state index contributed by atoms with van der Waals surface area (Å²) in [6, 6.07) is 4.40. The Bertz CT molecular complexity index is 432. The van der Waals surface area contributed by atoms with Crippen LogP contribution in [0.2, 0.25) is 0 Å². The SMILES string of the molecule is CNCCC(=O)Nc1cc([N+](=O)[O-])ccc1C. The molecule has 17 heavy (non-hydrogen) atoms. The summed E-state index contributed by atoms with van der Waals surface area (Å²) in [6.45, 7) is 2.36. The summed E-state index contributed by atoms with van der Waals surface area (Å²) in [4.78, 5) is 21.6. The van der Waals surface area contributed by atoms with Gasteiger partial charge in [0.15, 0.2) is 0 Å². The van der Waals surface area contributed by atoms with Crippen LogP contribution in [-0.4, -0.2) is 24.4 Å². The van der Waals surface area contributed by atoms with Gasteiger partial charge in [-0.3, -0.25) is 14.9 Å². The van der Waals surface area contributed by atoms with Gasteiger partial charge in [0.25, 0.3) is 5.69 Å². The van der Waals surface area contributed by atoms with Crippen molar-refractivity contribution in [1.82, 2.24) is 5.32 Å². The molecule has 0 saturated heterocycles. The Morgan fingerprint density at radius 3 is 2.76 bits per heavy atom. The van der Waals surface area contributed by atoms with Gasteiger partial charge in [-0.25, -0.2) is 0 Å². The highest BCUT2D eigenvalue weighted by Gasteiger charge is 2.10. The number of hydrogen-bond acceptors (Lipinski definition) is 4. The third kappa shape index (κ3) is 3.84. The molecule has 1 amide bonds. The van der Waals surface area contributed by atoms with Gasteiger partial charge in [0.2, 0.25) is 5.91 Å². The second-order valence-corrected chi connectivity index (χ2v) is 3.66. The molecule has 0 aliphatic rings. The molecule has 0 saturated carbocycles. The molecule has 0 aromatic heterocycles. The molecule has 6 nitrogen and oxygen atoms in total. The summed E-state index contributed by atoms with van der Waals surface area (Å²) in [6.07, 6.45) is 0.332. The van der Waals surface area contributed by atoms with Crippen molar-refractivity contribution in [3.63, 3.8) is 0 Å². The molecule has 92 valence electrons.